The summed E-state index contributed by atoms with van der Waals surface area (Å²) in [5.41, 5.74) is 1.84. The van der Waals surface area contributed by atoms with Gasteiger partial charge in [-0.3, -0.25) is 9.59 Å². The molecule has 0 aliphatic rings. The van der Waals surface area contributed by atoms with E-state index < -0.39 is 15.9 Å². The molecule has 2 amide bonds. The van der Waals surface area contributed by atoms with Gasteiger partial charge in [0.1, 0.15) is 0 Å². The molecule has 0 unspecified atom stereocenters. The van der Waals surface area contributed by atoms with Crippen LogP contribution >= 0.6 is 0 Å². The average molecular weight is 429 g/mol. The fourth-order valence-electron chi connectivity index (χ4n) is 2.58. The Balaban J connectivity index is 1.89. The highest BCUT2D eigenvalue weighted by atomic mass is 32.2. The first-order valence-corrected chi connectivity index (χ1v) is 10.8. The molecule has 2 rings (SSSR count). The highest BCUT2D eigenvalue weighted by molar-refractivity contribution is 7.89. The molecule has 2 aromatic carbocycles. The van der Waals surface area contributed by atoms with Gasteiger partial charge in [-0.15, -0.1) is 0 Å². The second-order valence-corrected chi connectivity index (χ2v) is 8.71. The zero-order chi connectivity index (χ0) is 22.1. The first kappa shape index (κ1) is 23.1. The smallest absolute Gasteiger partial charge is 0.243 e. The summed E-state index contributed by atoms with van der Waals surface area (Å²) >= 11 is 0. The van der Waals surface area contributed by atoms with E-state index in [1.165, 1.54) is 31.3 Å². The Morgan fingerprint density at radius 2 is 1.67 bits per heavy atom. The summed E-state index contributed by atoms with van der Waals surface area (Å²) in [7, 11) is -2.52. The number of amides is 2. The van der Waals surface area contributed by atoms with Gasteiger partial charge in [-0.2, -0.15) is 9.57 Å². The molecule has 0 radical (unpaired) electrons. The molecular formula is C21H24N4O4S. The molecule has 30 heavy (non-hydrogen) atoms. The van der Waals surface area contributed by atoms with Crippen LogP contribution in [0.15, 0.2) is 53.4 Å². The molecule has 0 saturated carbocycles. The minimum atomic E-state index is -3.84. The molecule has 0 atom stereocenters. The van der Waals surface area contributed by atoms with Crippen LogP contribution in [0.1, 0.15) is 30.9 Å². The molecule has 0 bridgehead atoms. The van der Waals surface area contributed by atoms with Gasteiger partial charge in [-0.25, -0.2) is 8.42 Å². The fraction of sp³-hybridized carbons (Fsp3) is 0.286. The zero-order valence-electron chi connectivity index (χ0n) is 16.9. The largest absolute Gasteiger partial charge is 0.351 e. The third-order valence-corrected chi connectivity index (χ3v) is 6.08. The van der Waals surface area contributed by atoms with Crippen LogP contribution in [0.5, 0.6) is 0 Å². The lowest BCUT2D eigenvalue weighted by Crippen LogP contribution is -2.38. The van der Waals surface area contributed by atoms with Gasteiger partial charge in [0.15, 0.2) is 0 Å². The summed E-state index contributed by atoms with van der Waals surface area (Å²) in [6.45, 7) is 1.82. The summed E-state index contributed by atoms with van der Waals surface area (Å²) in [5.74, 6) is -0.500. The van der Waals surface area contributed by atoms with E-state index in [4.69, 9.17) is 5.26 Å². The summed E-state index contributed by atoms with van der Waals surface area (Å²) in [6.07, 6.45) is 1.22. The van der Waals surface area contributed by atoms with Crippen molar-refractivity contribution in [2.75, 3.05) is 18.9 Å². The Morgan fingerprint density at radius 1 is 1.03 bits per heavy atom. The van der Waals surface area contributed by atoms with Crippen molar-refractivity contribution in [3.05, 3.63) is 59.7 Å². The molecule has 0 aromatic heterocycles. The van der Waals surface area contributed by atoms with Gasteiger partial charge in [0.25, 0.3) is 0 Å². The molecule has 8 nitrogen and oxygen atoms in total. The highest BCUT2D eigenvalue weighted by Crippen LogP contribution is 2.15. The number of carbonyl (C=O) groups is 2. The van der Waals surface area contributed by atoms with Crippen molar-refractivity contribution in [2.45, 2.75) is 31.2 Å². The van der Waals surface area contributed by atoms with E-state index in [0.29, 0.717) is 17.7 Å². The van der Waals surface area contributed by atoms with Crippen molar-refractivity contribution in [1.29, 1.82) is 5.26 Å². The van der Waals surface area contributed by atoms with Crippen LogP contribution in [0.4, 0.5) is 5.69 Å². The van der Waals surface area contributed by atoms with Crippen LogP contribution in [0.25, 0.3) is 0 Å². The number of nitrogens with one attached hydrogen (secondary N) is 2. The molecule has 0 heterocycles. The molecule has 0 spiro atoms. The van der Waals surface area contributed by atoms with Crippen molar-refractivity contribution in [2.24, 2.45) is 0 Å². The first-order valence-electron chi connectivity index (χ1n) is 9.38. The summed E-state index contributed by atoms with van der Waals surface area (Å²) in [4.78, 5) is 23.8. The molecule has 0 aliphatic heterocycles. The van der Waals surface area contributed by atoms with Gasteiger partial charge in [-0.1, -0.05) is 19.1 Å². The number of nitrogens with zero attached hydrogens (tertiary/aromatic N) is 2. The Kier molecular flexibility index (Phi) is 8.09. The average Bonchev–Trinajstić information content (AvgIpc) is 2.73. The molecule has 0 saturated heterocycles. The predicted octanol–water partition coefficient (Wildman–Crippen LogP) is 2.23. The SMILES string of the molecule is CCCC(=O)Nc1ccc(CNC(=O)CN(C)S(=O)(=O)c2ccc(C#N)cc2)cc1. The molecule has 2 aromatic rings. The topological polar surface area (TPSA) is 119 Å². The summed E-state index contributed by atoms with van der Waals surface area (Å²) in [6, 6.07) is 14.5. The standard InChI is InChI=1S/C21H24N4O4S/c1-3-4-20(26)24-18-9-5-17(6-10-18)14-23-21(27)15-25(2)30(28,29)19-11-7-16(13-22)8-12-19/h5-12H,3-4,14-15H2,1-2H3,(H,23,27)(H,24,26). The zero-order valence-corrected chi connectivity index (χ0v) is 17.7. The van der Waals surface area contributed by atoms with Crippen LogP contribution < -0.4 is 10.6 Å². The number of benzene rings is 2. The van der Waals surface area contributed by atoms with E-state index in [1.54, 1.807) is 24.3 Å². The number of hydrogen-bond donors (Lipinski definition) is 2. The lowest BCUT2D eigenvalue weighted by Gasteiger charge is -2.17. The van der Waals surface area contributed by atoms with E-state index in [2.05, 4.69) is 10.6 Å². The van der Waals surface area contributed by atoms with E-state index in [9.17, 15) is 18.0 Å². The molecule has 9 heteroatoms. The van der Waals surface area contributed by atoms with E-state index >= 15 is 0 Å². The normalized spacial score (nSPS) is 11.0. The Labute approximate surface area is 176 Å². The highest BCUT2D eigenvalue weighted by Gasteiger charge is 2.22. The molecule has 2 N–H and O–H groups in total. The van der Waals surface area contributed by atoms with E-state index in [1.807, 2.05) is 13.0 Å². The second-order valence-electron chi connectivity index (χ2n) is 6.67. The van der Waals surface area contributed by atoms with Crippen LogP contribution in [-0.4, -0.2) is 38.1 Å². The van der Waals surface area contributed by atoms with Gasteiger partial charge in [-0.05, 0) is 48.4 Å². The van der Waals surface area contributed by atoms with Gasteiger partial charge in [0.2, 0.25) is 21.8 Å². The first-order chi connectivity index (χ1) is 14.3. The quantitative estimate of drug-likeness (QED) is 0.635. The summed E-state index contributed by atoms with van der Waals surface area (Å²) < 4.78 is 26.0. The van der Waals surface area contributed by atoms with Crippen molar-refractivity contribution >= 4 is 27.5 Å². The maximum Gasteiger partial charge on any atom is 0.243 e. The van der Waals surface area contributed by atoms with Crippen molar-refractivity contribution < 1.29 is 18.0 Å². The number of carbonyl (C=O) groups excluding carboxylic acids is 2. The minimum Gasteiger partial charge on any atom is -0.351 e. The van der Waals surface area contributed by atoms with Crippen LogP contribution in [0, 0.1) is 11.3 Å². The number of nitriles is 1. The molecule has 158 valence electrons. The van der Waals surface area contributed by atoms with Crippen LogP contribution in [0.2, 0.25) is 0 Å². The maximum absolute atomic E-state index is 12.5. The van der Waals surface area contributed by atoms with Crippen molar-refractivity contribution in [3.8, 4) is 6.07 Å². The van der Waals surface area contributed by atoms with Crippen LogP contribution in [-0.2, 0) is 26.2 Å². The van der Waals surface area contributed by atoms with Crippen molar-refractivity contribution in [3.63, 3.8) is 0 Å². The predicted molar refractivity (Wildman–Crippen MR) is 113 cm³/mol. The monoisotopic (exact) mass is 428 g/mol. The van der Waals surface area contributed by atoms with Crippen molar-refractivity contribution in [1.82, 2.24) is 9.62 Å². The second kappa shape index (κ2) is 10.5. The number of likely N-dealkylation sites (N-methyl/N-ethyl adjacent to an activating group) is 1. The van der Waals surface area contributed by atoms with E-state index in [0.717, 1.165) is 16.3 Å². The lowest BCUT2D eigenvalue weighted by molar-refractivity contribution is -0.121. The van der Waals surface area contributed by atoms with Crippen LogP contribution in [0.3, 0.4) is 0 Å². The summed E-state index contributed by atoms with van der Waals surface area (Å²) in [5, 5.41) is 14.3. The minimum absolute atomic E-state index is 0.0116. The number of rotatable bonds is 9. The van der Waals surface area contributed by atoms with Gasteiger partial charge in [0.05, 0.1) is 23.1 Å². The number of sulfonamides is 1. The third-order valence-electron chi connectivity index (χ3n) is 4.26. The Morgan fingerprint density at radius 3 is 2.23 bits per heavy atom. The van der Waals surface area contributed by atoms with E-state index in [-0.39, 0.29) is 23.9 Å². The van der Waals surface area contributed by atoms with Gasteiger partial charge in [0, 0.05) is 25.7 Å². The fourth-order valence-corrected chi connectivity index (χ4v) is 3.71. The number of anilines is 1. The third kappa shape index (κ3) is 6.40. The molecular weight excluding hydrogens is 404 g/mol. The molecule has 0 aliphatic carbocycles. The Bertz CT molecular complexity index is 1030. The number of hydrogen-bond acceptors (Lipinski definition) is 5. The molecule has 0 fully saturated rings. The maximum atomic E-state index is 12.5. The van der Waals surface area contributed by atoms with Gasteiger partial charge < -0.3 is 10.6 Å². The Hall–Kier alpha value is -3.22. The lowest BCUT2D eigenvalue weighted by atomic mass is 10.2. The van der Waals surface area contributed by atoms with Gasteiger partial charge >= 0.3 is 0 Å².